The van der Waals surface area contributed by atoms with Crippen molar-refractivity contribution in [2.45, 2.75) is 58.7 Å². The number of fused-ring (bicyclic) bond motifs is 1. The predicted molar refractivity (Wildman–Crippen MR) is 72.7 cm³/mol. The number of hydrogen-bond donors (Lipinski definition) is 0. The van der Waals surface area contributed by atoms with Crippen molar-refractivity contribution in [3.8, 4) is 0 Å². The van der Waals surface area contributed by atoms with Crippen molar-refractivity contribution in [3.63, 3.8) is 0 Å². The molecule has 4 atom stereocenters. The van der Waals surface area contributed by atoms with Crippen molar-refractivity contribution in [2.75, 3.05) is 13.2 Å². The van der Waals surface area contributed by atoms with Crippen LogP contribution in [0.3, 0.4) is 0 Å². The second-order valence-electron chi connectivity index (χ2n) is 6.81. The lowest BCUT2D eigenvalue weighted by molar-refractivity contribution is -0.185. The Kier molecular flexibility index (Phi) is 3.69. The monoisotopic (exact) mass is 266 g/mol. The molecule has 2 saturated carbocycles. The molecule has 0 spiro atoms. The minimum absolute atomic E-state index is 0.0254. The molecule has 1 aliphatic heterocycles. The van der Waals surface area contributed by atoms with E-state index in [0.29, 0.717) is 17.6 Å². The molecule has 1 saturated heterocycles. The van der Waals surface area contributed by atoms with Crippen LogP contribution in [0.25, 0.3) is 0 Å². The molecule has 0 aromatic carbocycles. The Morgan fingerprint density at radius 1 is 1.26 bits per heavy atom. The van der Waals surface area contributed by atoms with E-state index in [9.17, 15) is 4.79 Å². The zero-order valence-corrected chi connectivity index (χ0v) is 12.2. The lowest BCUT2D eigenvalue weighted by Crippen LogP contribution is -2.32. The molecule has 0 bridgehead atoms. The maximum Gasteiger partial charge on any atom is 0.157 e. The maximum absolute atomic E-state index is 12.1. The number of rotatable bonds is 3. The Morgan fingerprint density at radius 3 is 2.74 bits per heavy atom. The van der Waals surface area contributed by atoms with Crippen molar-refractivity contribution >= 4 is 5.78 Å². The fourth-order valence-electron chi connectivity index (χ4n) is 4.72. The second kappa shape index (κ2) is 5.17. The summed E-state index contributed by atoms with van der Waals surface area (Å²) in [6.07, 6.45) is 6.36. The van der Waals surface area contributed by atoms with Gasteiger partial charge in [0.1, 0.15) is 5.78 Å². The molecule has 1 heterocycles. The lowest BCUT2D eigenvalue weighted by atomic mass is 9.70. The van der Waals surface area contributed by atoms with Gasteiger partial charge in [-0.15, -0.1) is 0 Å². The van der Waals surface area contributed by atoms with E-state index in [2.05, 4.69) is 13.8 Å². The Balaban J connectivity index is 1.67. The summed E-state index contributed by atoms with van der Waals surface area (Å²) in [5.41, 5.74) is 0.251. The molecule has 108 valence electrons. The quantitative estimate of drug-likeness (QED) is 0.787. The van der Waals surface area contributed by atoms with E-state index in [4.69, 9.17) is 9.47 Å². The summed E-state index contributed by atoms with van der Waals surface area (Å²) in [4.78, 5) is 12.1. The van der Waals surface area contributed by atoms with Crippen LogP contribution < -0.4 is 0 Å². The van der Waals surface area contributed by atoms with Gasteiger partial charge in [0.25, 0.3) is 0 Å². The molecule has 0 amide bonds. The minimum Gasteiger partial charge on any atom is -0.353 e. The third kappa shape index (κ3) is 2.25. The van der Waals surface area contributed by atoms with Crippen LogP contribution in [0.15, 0.2) is 0 Å². The van der Waals surface area contributed by atoms with Gasteiger partial charge in [-0.25, -0.2) is 0 Å². The predicted octanol–water partition coefficient (Wildman–Crippen LogP) is 3.17. The third-order valence-corrected chi connectivity index (χ3v) is 6.00. The number of carbonyl (C=O) groups excluding carboxylic acids is 1. The fourth-order valence-corrected chi connectivity index (χ4v) is 4.72. The van der Waals surface area contributed by atoms with Crippen molar-refractivity contribution in [1.82, 2.24) is 0 Å². The molecule has 19 heavy (non-hydrogen) atoms. The van der Waals surface area contributed by atoms with Crippen LogP contribution >= 0.6 is 0 Å². The number of ketones is 1. The summed E-state index contributed by atoms with van der Waals surface area (Å²) in [6.45, 7) is 6.13. The first-order valence-corrected chi connectivity index (χ1v) is 7.89. The van der Waals surface area contributed by atoms with E-state index < -0.39 is 0 Å². The molecule has 0 aromatic heterocycles. The van der Waals surface area contributed by atoms with Gasteiger partial charge in [0.2, 0.25) is 0 Å². The minimum atomic E-state index is -0.0254. The second-order valence-corrected chi connectivity index (χ2v) is 6.81. The molecule has 0 N–H and O–H groups in total. The van der Waals surface area contributed by atoms with Crippen LogP contribution in [-0.2, 0) is 14.3 Å². The van der Waals surface area contributed by atoms with Crippen molar-refractivity contribution in [3.05, 3.63) is 0 Å². The topological polar surface area (TPSA) is 35.5 Å². The number of Topliss-reactive ketones (excluding diaryl/α,β-unsaturated/α-hetero) is 1. The van der Waals surface area contributed by atoms with Gasteiger partial charge < -0.3 is 9.47 Å². The van der Waals surface area contributed by atoms with E-state index in [1.54, 1.807) is 0 Å². The summed E-state index contributed by atoms with van der Waals surface area (Å²) < 4.78 is 11.3. The molecule has 3 fully saturated rings. The summed E-state index contributed by atoms with van der Waals surface area (Å²) in [5.74, 6) is 2.05. The Labute approximate surface area is 116 Å². The molecule has 3 rings (SSSR count). The van der Waals surface area contributed by atoms with E-state index in [1.165, 1.54) is 12.8 Å². The molecule has 0 aromatic rings. The SMILES string of the molecule is C[C@@H]1CC[C@@]2(CCC3OCCCO3)[C@H](C)C(=O)C[C@@H]12. The van der Waals surface area contributed by atoms with Crippen molar-refractivity contribution < 1.29 is 14.3 Å². The van der Waals surface area contributed by atoms with Gasteiger partial charge in [0, 0.05) is 12.3 Å². The number of hydrogen-bond acceptors (Lipinski definition) is 3. The van der Waals surface area contributed by atoms with E-state index >= 15 is 0 Å². The fraction of sp³-hybridized carbons (Fsp3) is 0.938. The van der Waals surface area contributed by atoms with E-state index in [1.807, 2.05) is 0 Å². The average molecular weight is 266 g/mol. The van der Waals surface area contributed by atoms with Gasteiger partial charge in [-0.2, -0.15) is 0 Å². The summed E-state index contributed by atoms with van der Waals surface area (Å²) in [6, 6.07) is 0. The van der Waals surface area contributed by atoms with Crippen molar-refractivity contribution in [2.24, 2.45) is 23.2 Å². The van der Waals surface area contributed by atoms with Gasteiger partial charge in [0.15, 0.2) is 6.29 Å². The number of ether oxygens (including phenoxy) is 2. The molecule has 3 heteroatoms. The van der Waals surface area contributed by atoms with Crippen LogP contribution in [-0.4, -0.2) is 25.3 Å². The molecule has 2 aliphatic carbocycles. The van der Waals surface area contributed by atoms with Gasteiger partial charge >= 0.3 is 0 Å². The molecule has 0 radical (unpaired) electrons. The summed E-state index contributed by atoms with van der Waals surface area (Å²) >= 11 is 0. The number of carbonyl (C=O) groups is 1. The largest absolute Gasteiger partial charge is 0.353 e. The first-order chi connectivity index (χ1) is 9.13. The highest BCUT2D eigenvalue weighted by atomic mass is 16.7. The zero-order chi connectivity index (χ0) is 13.5. The van der Waals surface area contributed by atoms with E-state index in [0.717, 1.165) is 38.9 Å². The average Bonchev–Trinajstić information content (AvgIpc) is 2.87. The standard InChI is InChI=1S/C16H26O3/c1-11-4-6-16(12(2)14(17)10-13(11)16)7-5-15-18-8-3-9-19-15/h11-13,15H,3-10H2,1-2H3/t11-,12-,13+,16-/m1/s1. The Hall–Kier alpha value is -0.410. The van der Waals surface area contributed by atoms with Gasteiger partial charge in [-0.1, -0.05) is 13.8 Å². The molecule has 3 aliphatic rings. The highest BCUT2D eigenvalue weighted by molar-refractivity contribution is 5.84. The maximum atomic E-state index is 12.1. The highest BCUT2D eigenvalue weighted by Crippen LogP contribution is 2.60. The van der Waals surface area contributed by atoms with Crippen LogP contribution in [0.5, 0.6) is 0 Å². The van der Waals surface area contributed by atoms with Gasteiger partial charge in [-0.3, -0.25) is 4.79 Å². The zero-order valence-electron chi connectivity index (χ0n) is 12.2. The summed E-state index contributed by atoms with van der Waals surface area (Å²) in [5, 5.41) is 0. The molecule has 0 unspecified atom stereocenters. The van der Waals surface area contributed by atoms with Gasteiger partial charge in [0.05, 0.1) is 13.2 Å². The van der Waals surface area contributed by atoms with Gasteiger partial charge in [-0.05, 0) is 49.4 Å². The highest BCUT2D eigenvalue weighted by Gasteiger charge is 2.56. The van der Waals surface area contributed by atoms with E-state index in [-0.39, 0.29) is 17.6 Å². The lowest BCUT2D eigenvalue weighted by Gasteiger charge is -2.36. The Morgan fingerprint density at radius 2 is 2.00 bits per heavy atom. The first kappa shape index (κ1) is 13.6. The molecular weight excluding hydrogens is 240 g/mol. The smallest absolute Gasteiger partial charge is 0.157 e. The van der Waals surface area contributed by atoms with Crippen LogP contribution in [0, 0.1) is 23.2 Å². The molecular formula is C16H26O3. The first-order valence-electron chi connectivity index (χ1n) is 7.89. The third-order valence-electron chi connectivity index (χ3n) is 6.00. The normalized spacial score (nSPS) is 43.7. The van der Waals surface area contributed by atoms with Crippen LogP contribution in [0.1, 0.15) is 52.4 Å². The van der Waals surface area contributed by atoms with Crippen molar-refractivity contribution in [1.29, 1.82) is 0 Å². The van der Waals surface area contributed by atoms with Crippen LogP contribution in [0.2, 0.25) is 0 Å². The summed E-state index contributed by atoms with van der Waals surface area (Å²) in [7, 11) is 0. The Bertz CT molecular complexity index is 348. The van der Waals surface area contributed by atoms with Crippen LogP contribution in [0.4, 0.5) is 0 Å². The molecule has 3 nitrogen and oxygen atoms in total.